The zero-order chi connectivity index (χ0) is 13.6. The summed E-state index contributed by atoms with van der Waals surface area (Å²) in [6, 6.07) is 0. The van der Waals surface area contributed by atoms with Gasteiger partial charge in [0, 0.05) is 11.8 Å². The molecule has 4 fully saturated rings. The lowest BCUT2D eigenvalue weighted by Gasteiger charge is -2.41. The maximum absolute atomic E-state index is 12.5. The quantitative estimate of drug-likeness (QED) is 0.725. The summed E-state index contributed by atoms with van der Waals surface area (Å²) in [7, 11) is 0. The molecule has 0 aromatic carbocycles. The fourth-order valence-electron chi connectivity index (χ4n) is 6.16. The lowest BCUT2D eigenvalue weighted by atomic mass is 9.59. The van der Waals surface area contributed by atoms with E-state index in [9.17, 15) is 14.7 Å². The summed E-state index contributed by atoms with van der Waals surface area (Å²) in [6.45, 7) is 4.14. The molecule has 1 N–H and O–H groups in total. The van der Waals surface area contributed by atoms with Crippen molar-refractivity contribution in [3.63, 3.8) is 0 Å². The molecule has 104 valence electrons. The van der Waals surface area contributed by atoms with Crippen molar-refractivity contribution < 1.29 is 19.4 Å². The van der Waals surface area contributed by atoms with Crippen molar-refractivity contribution in [1.29, 1.82) is 0 Å². The molecule has 1 heterocycles. The maximum Gasteiger partial charge on any atom is 0.310 e. The second kappa shape index (κ2) is 3.05. The number of ketones is 1. The lowest BCUT2D eigenvalue weighted by Crippen LogP contribution is -2.52. The summed E-state index contributed by atoms with van der Waals surface area (Å²) in [6.07, 6.45) is 3.14. The van der Waals surface area contributed by atoms with Crippen LogP contribution in [-0.4, -0.2) is 29.1 Å². The largest absolute Gasteiger partial charge is 0.448 e. The highest BCUT2D eigenvalue weighted by molar-refractivity contribution is 5.98. The second-order valence-corrected chi connectivity index (χ2v) is 7.58. The first-order valence-electron chi connectivity index (χ1n) is 7.26. The normalized spacial score (nSPS) is 53.3. The topological polar surface area (TPSA) is 63.6 Å². The standard InChI is InChI=1S/C15H20O4/c1-13(2)6-14-9-4-3-8(13)10(14)5-11(17)15(14,7-16)19-12(9)18/h8-10,16H,3-7H2,1-2H3/t8-,9+,10-,14-,15+/m1/s1. The molecule has 2 bridgehead atoms. The summed E-state index contributed by atoms with van der Waals surface area (Å²) >= 11 is 0. The molecule has 4 aliphatic rings. The smallest absolute Gasteiger partial charge is 0.310 e. The number of aliphatic hydroxyl groups excluding tert-OH is 1. The third kappa shape index (κ3) is 0.979. The van der Waals surface area contributed by atoms with Crippen LogP contribution >= 0.6 is 0 Å². The van der Waals surface area contributed by atoms with Gasteiger partial charge < -0.3 is 9.84 Å². The monoisotopic (exact) mass is 264 g/mol. The molecule has 4 heteroatoms. The highest BCUT2D eigenvalue weighted by Crippen LogP contribution is 2.76. The minimum atomic E-state index is -1.22. The highest BCUT2D eigenvalue weighted by atomic mass is 16.6. The van der Waals surface area contributed by atoms with Gasteiger partial charge in [0.25, 0.3) is 0 Å². The number of hydrogen-bond acceptors (Lipinski definition) is 4. The fourth-order valence-corrected chi connectivity index (χ4v) is 6.16. The van der Waals surface area contributed by atoms with Gasteiger partial charge in [0.2, 0.25) is 0 Å². The van der Waals surface area contributed by atoms with Gasteiger partial charge in [0.1, 0.15) is 0 Å². The van der Waals surface area contributed by atoms with Crippen LogP contribution in [0.1, 0.15) is 39.5 Å². The van der Waals surface area contributed by atoms with Crippen molar-refractivity contribution in [2.45, 2.75) is 45.1 Å². The SMILES string of the molecule is CC1(C)C[C@@]23[C@@H]4CC(=O)[C@]2(CO)OC(=O)[C@@H]3CC[C@H]41. The van der Waals surface area contributed by atoms with E-state index in [1.165, 1.54) is 0 Å². The van der Waals surface area contributed by atoms with E-state index in [-0.39, 0.29) is 35.6 Å². The minimum absolute atomic E-state index is 0.0433. The lowest BCUT2D eigenvalue weighted by molar-refractivity contribution is -0.164. The maximum atomic E-state index is 12.5. The Labute approximate surface area is 112 Å². The van der Waals surface area contributed by atoms with Crippen LogP contribution in [0.25, 0.3) is 0 Å². The first-order valence-corrected chi connectivity index (χ1v) is 7.26. The van der Waals surface area contributed by atoms with E-state index in [0.717, 1.165) is 19.3 Å². The second-order valence-electron chi connectivity index (χ2n) is 7.58. The summed E-state index contributed by atoms with van der Waals surface area (Å²) in [5, 5.41) is 9.86. The third-order valence-electron chi connectivity index (χ3n) is 6.68. The molecule has 4 nitrogen and oxygen atoms in total. The van der Waals surface area contributed by atoms with E-state index >= 15 is 0 Å². The number of aliphatic hydroxyl groups is 1. The molecule has 0 aromatic heterocycles. The van der Waals surface area contributed by atoms with Crippen LogP contribution in [-0.2, 0) is 14.3 Å². The van der Waals surface area contributed by atoms with Gasteiger partial charge in [-0.25, -0.2) is 0 Å². The number of esters is 1. The van der Waals surface area contributed by atoms with Crippen molar-refractivity contribution >= 4 is 11.8 Å². The van der Waals surface area contributed by atoms with Crippen molar-refractivity contribution in [1.82, 2.24) is 0 Å². The molecule has 0 aromatic rings. The van der Waals surface area contributed by atoms with Crippen molar-refractivity contribution in [2.75, 3.05) is 6.61 Å². The Morgan fingerprint density at radius 1 is 1.26 bits per heavy atom. The first kappa shape index (κ1) is 11.9. The molecule has 1 saturated heterocycles. The average Bonchev–Trinajstić information content (AvgIpc) is 2.77. The van der Waals surface area contributed by atoms with E-state index in [1.54, 1.807) is 0 Å². The molecular formula is C15H20O4. The van der Waals surface area contributed by atoms with Gasteiger partial charge in [-0.1, -0.05) is 13.8 Å². The molecule has 1 spiro atoms. The van der Waals surface area contributed by atoms with Crippen LogP contribution in [0.3, 0.4) is 0 Å². The van der Waals surface area contributed by atoms with Gasteiger partial charge in [0.05, 0.1) is 12.5 Å². The summed E-state index contributed by atoms with van der Waals surface area (Å²) in [4.78, 5) is 24.7. The Morgan fingerprint density at radius 3 is 2.68 bits per heavy atom. The van der Waals surface area contributed by atoms with E-state index in [2.05, 4.69) is 13.8 Å². The van der Waals surface area contributed by atoms with Crippen LogP contribution in [0.2, 0.25) is 0 Å². The van der Waals surface area contributed by atoms with E-state index < -0.39 is 11.0 Å². The minimum Gasteiger partial charge on any atom is -0.448 e. The molecule has 4 rings (SSSR count). The van der Waals surface area contributed by atoms with Crippen LogP contribution in [0, 0.1) is 28.6 Å². The van der Waals surface area contributed by atoms with Gasteiger partial charge in [-0.2, -0.15) is 0 Å². The van der Waals surface area contributed by atoms with Crippen molar-refractivity contribution in [3.05, 3.63) is 0 Å². The predicted octanol–water partition coefficient (Wildman–Crippen LogP) is 1.31. The van der Waals surface area contributed by atoms with Gasteiger partial charge in [-0.05, 0) is 36.5 Å². The molecule has 19 heavy (non-hydrogen) atoms. The van der Waals surface area contributed by atoms with Crippen LogP contribution in [0.4, 0.5) is 0 Å². The van der Waals surface area contributed by atoms with Crippen LogP contribution < -0.4 is 0 Å². The van der Waals surface area contributed by atoms with E-state index in [0.29, 0.717) is 12.3 Å². The van der Waals surface area contributed by atoms with Gasteiger partial charge in [0.15, 0.2) is 11.4 Å². The Hall–Kier alpha value is -0.900. The summed E-state index contributed by atoms with van der Waals surface area (Å²) < 4.78 is 5.52. The van der Waals surface area contributed by atoms with E-state index in [1.807, 2.05) is 0 Å². The molecule has 0 unspecified atom stereocenters. The van der Waals surface area contributed by atoms with Crippen LogP contribution in [0.15, 0.2) is 0 Å². The molecule has 0 radical (unpaired) electrons. The molecule has 3 saturated carbocycles. The molecule has 1 aliphatic heterocycles. The summed E-state index contributed by atoms with van der Waals surface area (Å²) in [5.41, 5.74) is -1.50. The third-order valence-corrected chi connectivity index (χ3v) is 6.68. The number of ether oxygens (including phenoxy) is 1. The van der Waals surface area contributed by atoms with Crippen molar-refractivity contribution in [3.8, 4) is 0 Å². The van der Waals surface area contributed by atoms with E-state index in [4.69, 9.17) is 4.74 Å². The number of carbonyl (C=O) groups is 2. The van der Waals surface area contributed by atoms with Crippen molar-refractivity contribution in [2.24, 2.45) is 28.6 Å². The Morgan fingerprint density at radius 2 is 2.00 bits per heavy atom. The Bertz CT molecular complexity index is 496. The average molecular weight is 264 g/mol. The number of Topliss-reactive ketones (excluding diaryl/α,β-unsaturated/α-hetero) is 1. The Balaban J connectivity index is 1.97. The number of rotatable bonds is 1. The highest BCUT2D eigenvalue weighted by Gasteiger charge is 2.82. The number of carbonyl (C=O) groups excluding carboxylic acids is 2. The summed E-state index contributed by atoms with van der Waals surface area (Å²) in [5.74, 6) is 0.249. The molecule has 5 atom stereocenters. The van der Waals surface area contributed by atoms with Gasteiger partial charge >= 0.3 is 5.97 Å². The fraction of sp³-hybridized carbons (Fsp3) is 0.867. The Kier molecular flexibility index (Phi) is 1.91. The first-order chi connectivity index (χ1) is 8.89. The zero-order valence-corrected chi connectivity index (χ0v) is 11.4. The van der Waals surface area contributed by atoms with Crippen LogP contribution in [0.5, 0.6) is 0 Å². The number of hydrogen-bond donors (Lipinski definition) is 1. The van der Waals surface area contributed by atoms with Gasteiger partial charge in [-0.3, -0.25) is 9.59 Å². The predicted molar refractivity (Wildman–Crippen MR) is 66.1 cm³/mol. The zero-order valence-electron chi connectivity index (χ0n) is 11.4. The molecule has 3 aliphatic carbocycles. The molecule has 0 amide bonds. The van der Waals surface area contributed by atoms with Gasteiger partial charge in [-0.15, -0.1) is 0 Å². The molecular weight excluding hydrogens is 244 g/mol.